The van der Waals surface area contributed by atoms with Crippen LogP contribution in [-0.4, -0.2) is 0 Å². The first-order chi connectivity index (χ1) is 32.9. The fraction of sp³-hybridized carbons (Fsp3) is 0.273. The lowest BCUT2D eigenvalue weighted by Gasteiger charge is -2.57. The van der Waals surface area contributed by atoms with Crippen molar-refractivity contribution in [3.8, 4) is 22.3 Å². The topological polar surface area (TPSA) is 3.24 Å². The average Bonchev–Trinajstić information content (AvgIpc) is 3.78. The van der Waals surface area contributed by atoms with Gasteiger partial charge in [0.1, 0.15) is 0 Å². The van der Waals surface area contributed by atoms with Crippen molar-refractivity contribution >= 4 is 39.0 Å². The SMILES string of the molecule is CC1(C)C2=C(CCC=C2)c2ccc(N(c3ccc(-c4ccc(C56CC7CC(CC(C7)C5)C6)cc4)cc3)c3ccc4c(c3)C3(C5=C4CCC=C5)c4ccccc4-c4cccc5cccc3c45)cc21. The summed E-state index contributed by atoms with van der Waals surface area (Å²) >= 11 is 0. The van der Waals surface area contributed by atoms with E-state index >= 15 is 0 Å². The Morgan fingerprint density at radius 3 is 1.72 bits per heavy atom. The van der Waals surface area contributed by atoms with Crippen LogP contribution in [0, 0.1) is 17.8 Å². The number of allylic oxidation sites excluding steroid dienone is 8. The lowest BCUT2D eigenvalue weighted by molar-refractivity contribution is -0.00518. The van der Waals surface area contributed by atoms with Gasteiger partial charge in [0.25, 0.3) is 0 Å². The van der Waals surface area contributed by atoms with Crippen LogP contribution < -0.4 is 4.90 Å². The smallest absolute Gasteiger partial charge is 0.0723 e. The molecule has 4 saturated carbocycles. The number of hydrogen-bond donors (Lipinski definition) is 0. The van der Waals surface area contributed by atoms with Gasteiger partial charge in [-0.15, -0.1) is 0 Å². The van der Waals surface area contributed by atoms with Gasteiger partial charge in [0.15, 0.2) is 0 Å². The van der Waals surface area contributed by atoms with Gasteiger partial charge in [-0.2, -0.15) is 0 Å². The largest absolute Gasteiger partial charge is 0.310 e. The third-order valence-electron chi connectivity index (χ3n) is 18.6. The normalized spacial score (nSPS) is 26.2. The molecule has 0 saturated heterocycles. The fourth-order valence-corrected chi connectivity index (χ4v) is 16.2. The molecule has 9 aliphatic rings. The van der Waals surface area contributed by atoms with E-state index in [0.29, 0.717) is 5.41 Å². The van der Waals surface area contributed by atoms with Crippen molar-refractivity contribution in [1.82, 2.24) is 0 Å². The van der Waals surface area contributed by atoms with Gasteiger partial charge in [0, 0.05) is 22.5 Å². The maximum Gasteiger partial charge on any atom is 0.0723 e. The molecule has 1 unspecified atom stereocenters. The highest BCUT2D eigenvalue weighted by Gasteiger charge is 2.53. The quantitative estimate of drug-likeness (QED) is 0.167. The predicted molar refractivity (Wildman–Crippen MR) is 279 cm³/mol. The molecule has 0 aromatic heterocycles. The zero-order chi connectivity index (χ0) is 44.2. The summed E-state index contributed by atoms with van der Waals surface area (Å²) < 4.78 is 0. The summed E-state index contributed by atoms with van der Waals surface area (Å²) in [7, 11) is 0. The summed E-state index contributed by atoms with van der Waals surface area (Å²) in [5, 5.41) is 2.70. The van der Waals surface area contributed by atoms with Crippen molar-refractivity contribution < 1.29 is 0 Å². The standard InChI is InChI=1S/C66H57N/c1-64(2)57-17-6-3-13-51(57)54-31-29-49(36-61(54)64)67(48-27-23-45(24-28-48)44-21-25-47(26-22-44)65-38-41-33-42(39-65)35-43(34-41)40-65)50-30-32-55-52-14-4-7-18-58(52)66(62(55)37-50)59-19-8-5-15-53(59)56-16-9-11-46-12-10-20-60(66)63(46)56/h5-12,15-32,36-37,41-43H,3-4,13-14,33-35,38-40H2,1-2H3. The third kappa shape index (κ3) is 5.27. The van der Waals surface area contributed by atoms with Gasteiger partial charge in [0.05, 0.1) is 5.41 Å². The molecule has 0 radical (unpaired) electrons. The van der Waals surface area contributed by atoms with E-state index in [0.717, 1.165) is 43.4 Å². The van der Waals surface area contributed by atoms with Crippen molar-refractivity contribution in [2.45, 2.75) is 94.3 Å². The molecular formula is C66H57N. The Labute approximate surface area is 396 Å². The lowest BCUT2D eigenvalue weighted by atomic mass is 9.48. The van der Waals surface area contributed by atoms with Crippen LogP contribution in [0.4, 0.5) is 17.1 Å². The van der Waals surface area contributed by atoms with E-state index in [-0.39, 0.29) is 5.41 Å². The molecule has 0 aliphatic heterocycles. The van der Waals surface area contributed by atoms with Crippen LogP contribution in [0.25, 0.3) is 44.2 Å². The Hall–Kier alpha value is -6.44. The van der Waals surface area contributed by atoms with Gasteiger partial charge >= 0.3 is 0 Å². The Morgan fingerprint density at radius 2 is 1.01 bits per heavy atom. The van der Waals surface area contributed by atoms with E-state index in [1.165, 1.54) is 144 Å². The molecule has 4 fully saturated rings. The third-order valence-corrected chi connectivity index (χ3v) is 18.6. The van der Waals surface area contributed by atoms with Crippen molar-refractivity contribution in [3.63, 3.8) is 0 Å². The highest BCUT2D eigenvalue weighted by atomic mass is 15.1. The maximum atomic E-state index is 2.59. The molecule has 1 heteroatoms. The van der Waals surface area contributed by atoms with E-state index in [9.17, 15) is 0 Å². The first kappa shape index (κ1) is 38.6. The number of anilines is 3. The van der Waals surface area contributed by atoms with E-state index in [4.69, 9.17) is 0 Å². The molecule has 0 heterocycles. The minimum absolute atomic E-state index is 0.0648. The van der Waals surface area contributed by atoms with Gasteiger partial charge in [-0.1, -0.05) is 147 Å². The highest BCUT2D eigenvalue weighted by Crippen LogP contribution is 2.64. The molecule has 67 heavy (non-hydrogen) atoms. The van der Waals surface area contributed by atoms with Crippen LogP contribution in [0.3, 0.4) is 0 Å². The van der Waals surface area contributed by atoms with Crippen LogP contribution in [0.5, 0.6) is 0 Å². The number of rotatable bonds is 5. The number of benzene rings is 7. The van der Waals surface area contributed by atoms with Crippen LogP contribution >= 0.6 is 0 Å². The van der Waals surface area contributed by atoms with E-state index in [1.54, 1.807) is 5.56 Å². The van der Waals surface area contributed by atoms with Gasteiger partial charge < -0.3 is 4.90 Å². The molecule has 0 N–H and O–H groups in total. The summed E-state index contributed by atoms with van der Waals surface area (Å²) in [4.78, 5) is 2.56. The van der Waals surface area contributed by atoms with Crippen molar-refractivity contribution in [3.05, 3.63) is 220 Å². The lowest BCUT2D eigenvalue weighted by Crippen LogP contribution is -2.48. The Balaban J connectivity index is 0.892. The summed E-state index contributed by atoms with van der Waals surface area (Å²) in [6, 6.07) is 57.5. The second kappa shape index (κ2) is 13.8. The van der Waals surface area contributed by atoms with E-state index in [1.807, 2.05) is 0 Å². The molecule has 326 valence electrons. The van der Waals surface area contributed by atoms with Crippen molar-refractivity contribution in [2.75, 3.05) is 4.90 Å². The summed E-state index contributed by atoms with van der Waals surface area (Å²) in [6.07, 6.45) is 22.8. The van der Waals surface area contributed by atoms with Gasteiger partial charge in [-0.3, -0.25) is 0 Å². The molecular weight excluding hydrogens is 807 g/mol. The first-order valence-electron chi connectivity index (χ1n) is 25.6. The first-order valence-corrected chi connectivity index (χ1v) is 25.6. The predicted octanol–water partition coefficient (Wildman–Crippen LogP) is 17.3. The fourth-order valence-electron chi connectivity index (χ4n) is 16.2. The summed E-state index contributed by atoms with van der Waals surface area (Å²) in [5.74, 6) is 2.86. The zero-order valence-corrected chi connectivity index (χ0v) is 38.9. The zero-order valence-electron chi connectivity index (χ0n) is 38.9. The van der Waals surface area contributed by atoms with Crippen LogP contribution in [-0.2, 0) is 16.2 Å². The molecule has 7 aromatic rings. The molecule has 0 amide bonds. The summed E-state index contributed by atoms with van der Waals surface area (Å²) in [6.45, 7) is 4.87. The average molecular weight is 864 g/mol. The Kier molecular flexibility index (Phi) is 7.97. The molecule has 1 spiro atoms. The molecule has 16 rings (SSSR count). The van der Waals surface area contributed by atoms with Crippen LogP contribution in [0.1, 0.15) is 117 Å². The molecule has 1 nitrogen and oxygen atoms in total. The second-order valence-corrected chi connectivity index (χ2v) is 22.4. The van der Waals surface area contributed by atoms with Crippen molar-refractivity contribution in [2.24, 2.45) is 17.8 Å². The molecule has 7 aromatic carbocycles. The van der Waals surface area contributed by atoms with E-state index < -0.39 is 5.41 Å². The van der Waals surface area contributed by atoms with E-state index in [2.05, 4.69) is 189 Å². The Morgan fingerprint density at radius 1 is 0.463 bits per heavy atom. The molecule has 9 aliphatic carbocycles. The van der Waals surface area contributed by atoms with Crippen molar-refractivity contribution in [1.29, 1.82) is 0 Å². The van der Waals surface area contributed by atoms with Crippen LogP contribution in [0.2, 0.25) is 0 Å². The molecule has 4 bridgehead atoms. The van der Waals surface area contributed by atoms with Crippen LogP contribution in [0.15, 0.2) is 181 Å². The minimum atomic E-state index is -0.435. The monoisotopic (exact) mass is 863 g/mol. The number of nitrogens with zero attached hydrogens (tertiary/aromatic N) is 1. The van der Waals surface area contributed by atoms with Gasteiger partial charge in [-0.25, -0.2) is 0 Å². The minimum Gasteiger partial charge on any atom is -0.310 e. The van der Waals surface area contributed by atoms with Gasteiger partial charge in [-0.05, 0) is 218 Å². The second-order valence-electron chi connectivity index (χ2n) is 22.4. The maximum absolute atomic E-state index is 2.59. The summed E-state index contributed by atoms with van der Waals surface area (Å²) in [5.41, 5.74) is 24.9. The Bertz CT molecular complexity index is 3360. The number of hydrogen-bond acceptors (Lipinski definition) is 1. The molecule has 1 atom stereocenters. The highest BCUT2D eigenvalue weighted by molar-refractivity contribution is 6.07. The van der Waals surface area contributed by atoms with Gasteiger partial charge in [0.2, 0.25) is 0 Å². The number of fused-ring (bicyclic) bond motifs is 10.